The van der Waals surface area contributed by atoms with Crippen LogP contribution >= 0.6 is 11.3 Å². The van der Waals surface area contributed by atoms with Gasteiger partial charge in [0, 0.05) is 24.2 Å². The van der Waals surface area contributed by atoms with Crippen LogP contribution in [0, 0.1) is 17.1 Å². The van der Waals surface area contributed by atoms with Crippen LogP contribution < -0.4 is 4.74 Å². The minimum absolute atomic E-state index is 0.108. The van der Waals surface area contributed by atoms with E-state index in [4.69, 9.17) is 10.00 Å². The van der Waals surface area contributed by atoms with Gasteiger partial charge in [0.25, 0.3) is 0 Å². The van der Waals surface area contributed by atoms with Gasteiger partial charge in [-0.15, -0.1) is 11.3 Å². The fourth-order valence-corrected chi connectivity index (χ4v) is 3.28. The molecule has 4 aromatic rings. The molecule has 0 aliphatic rings. The second-order valence-corrected chi connectivity index (χ2v) is 6.32. The number of rotatable bonds is 3. The number of pyridine rings is 1. The quantitative estimate of drug-likeness (QED) is 0.546. The van der Waals surface area contributed by atoms with Crippen molar-refractivity contribution in [2.24, 2.45) is 7.05 Å². The Morgan fingerprint density at radius 1 is 1.20 bits per heavy atom. The smallest absolute Gasteiger partial charge is 0.166 e. The number of hydrogen-bond acceptors (Lipinski definition) is 5. The fourth-order valence-electron chi connectivity index (χ4n) is 2.48. The molecular weight excluding hydrogens is 339 g/mol. The van der Waals surface area contributed by atoms with Crippen molar-refractivity contribution in [3.05, 3.63) is 59.6 Å². The molecule has 0 radical (unpaired) electrons. The Labute approximate surface area is 146 Å². The van der Waals surface area contributed by atoms with Gasteiger partial charge in [0.1, 0.15) is 17.3 Å². The van der Waals surface area contributed by atoms with Crippen molar-refractivity contribution in [1.82, 2.24) is 14.8 Å². The normalized spacial score (nSPS) is 10.8. The number of hydrogen-bond donors (Lipinski definition) is 0. The molecule has 0 aliphatic carbocycles. The highest BCUT2D eigenvalue weighted by Crippen LogP contribution is 2.35. The van der Waals surface area contributed by atoms with Gasteiger partial charge < -0.3 is 4.74 Å². The summed E-state index contributed by atoms with van der Waals surface area (Å²) in [5, 5.41) is 14.8. The molecule has 4 rings (SSSR count). The van der Waals surface area contributed by atoms with E-state index in [1.807, 2.05) is 19.3 Å². The number of benzene rings is 1. The lowest BCUT2D eigenvalue weighted by atomic mass is 10.1. The van der Waals surface area contributed by atoms with Crippen LogP contribution in [-0.2, 0) is 7.05 Å². The zero-order valence-electron chi connectivity index (χ0n) is 13.1. The number of nitrogens with zero attached hydrogens (tertiary/aromatic N) is 4. The molecule has 5 nitrogen and oxygen atoms in total. The van der Waals surface area contributed by atoms with Crippen molar-refractivity contribution in [3.63, 3.8) is 0 Å². The van der Waals surface area contributed by atoms with Crippen LogP contribution in [0.5, 0.6) is 11.5 Å². The first-order chi connectivity index (χ1) is 12.1. The van der Waals surface area contributed by atoms with Crippen LogP contribution in [0.15, 0.2) is 48.1 Å². The van der Waals surface area contributed by atoms with E-state index in [-0.39, 0.29) is 5.75 Å². The van der Waals surface area contributed by atoms with Crippen molar-refractivity contribution < 1.29 is 9.13 Å². The Balaban J connectivity index is 1.68. The van der Waals surface area contributed by atoms with Crippen molar-refractivity contribution in [2.45, 2.75) is 0 Å². The second-order valence-electron chi connectivity index (χ2n) is 5.40. The number of halogens is 1. The molecule has 0 atom stereocenters. The van der Waals surface area contributed by atoms with Gasteiger partial charge >= 0.3 is 0 Å². The van der Waals surface area contributed by atoms with Gasteiger partial charge in [-0.05, 0) is 29.8 Å². The molecule has 3 aromatic heterocycles. The average molecular weight is 350 g/mol. The van der Waals surface area contributed by atoms with Gasteiger partial charge in [0.15, 0.2) is 17.3 Å². The Hall–Kier alpha value is -3.24. The van der Waals surface area contributed by atoms with E-state index >= 15 is 0 Å². The molecule has 0 spiro atoms. The third-order valence-corrected chi connectivity index (χ3v) is 4.60. The third kappa shape index (κ3) is 2.84. The predicted molar refractivity (Wildman–Crippen MR) is 93.0 cm³/mol. The van der Waals surface area contributed by atoms with Crippen molar-refractivity contribution in [1.29, 1.82) is 5.26 Å². The Kier molecular flexibility index (Phi) is 3.67. The predicted octanol–water partition coefficient (Wildman–Crippen LogP) is 4.50. The van der Waals surface area contributed by atoms with Crippen LogP contribution in [-0.4, -0.2) is 14.8 Å². The number of thiophene rings is 1. The summed E-state index contributed by atoms with van der Waals surface area (Å²) in [6.45, 7) is 0. The summed E-state index contributed by atoms with van der Waals surface area (Å²) in [6.07, 6.45) is 3.49. The first kappa shape index (κ1) is 15.3. The molecule has 3 heterocycles. The van der Waals surface area contributed by atoms with Crippen LogP contribution in [0.1, 0.15) is 5.69 Å². The fraction of sp³-hybridized carbons (Fsp3) is 0.0556. The maximum Gasteiger partial charge on any atom is 0.166 e. The maximum absolute atomic E-state index is 14.5. The largest absolute Gasteiger partial charge is 0.451 e. The average Bonchev–Trinajstić information content (AvgIpc) is 3.23. The Morgan fingerprint density at radius 2 is 2.08 bits per heavy atom. The topological polar surface area (TPSA) is 63.7 Å². The molecule has 122 valence electrons. The number of nitriles is 1. The highest BCUT2D eigenvalue weighted by Gasteiger charge is 2.13. The second kappa shape index (κ2) is 6.00. The van der Waals surface area contributed by atoms with E-state index in [1.165, 1.54) is 17.4 Å². The summed E-state index contributed by atoms with van der Waals surface area (Å²) in [5.74, 6) is 0.0683. The van der Waals surface area contributed by atoms with Gasteiger partial charge in [0.05, 0.1) is 10.9 Å². The zero-order chi connectivity index (χ0) is 17.4. The van der Waals surface area contributed by atoms with Crippen molar-refractivity contribution in [3.8, 4) is 28.7 Å². The zero-order valence-corrected chi connectivity index (χ0v) is 13.9. The first-order valence-corrected chi connectivity index (χ1v) is 8.27. The summed E-state index contributed by atoms with van der Waals surface area (Å²) in [6, 6.07) is 10.2. The van der Waals surface area contributed by atoms with Gasteiger partial charge in [-0.3, -0.25) is 4.68 Å². The number of aromatic nitrogens is 3. The van der Waals surface area contributed by atoms with E-state index < -0.39 is 5.82 Å². The van der Waals surface area contributed by atoms with Gasteiger partial charge in [-0.25, -0.2) is 9.37 Å². The number of ether oxygens (including phenoxy) is 1. The Morgan fingerprint density at radius 3 is 2.80 bits per heavy atom. The highest BCUT2D eigenvalue weighted by atomic mass is 32.1. The van der Waals surface area contributed by atoms with Crippen molar-refractivity contribution >= 4 is 21.6 Å². The van der Waals surface area contributed by atoms with Crippen molar-refractivity contribution in [2.75, 3.05) is 0 Å². The van der Waals surface area contributed by atoms with E-state index in [0.29, 0.717) is 17.0 Å². The lowest BCUT2D eigenvalue weighted by molar-refractivity contribution is 0.447. The number of aryl methyl sites for hydroxylation is 1. The van der Waals surface area contributed by atoms with Crippen LogP contribution in [0.4, 0.5) is 4.39 Å². The molecule has 7 heteroatoms. The third-order valence-electron chi connectivity index (χ3n) is 3.69. The minimum Gasteiger partial charge on any atom is -0.451 e. The first-order valence-electron chi connectivity index (χ1n) is 7.39. The lowest BCUT2D eigenvalue weighted by Gasteiger charge is -2.07. The Bertz CT molecular complexity index is 1130. The maximum atomic E-state index is 14.5. The molecule has 1 aromatic carbocycles. The molecule has 0 fully saturated rings. The SMILES string of the molecule is Cn1cc(-c2ccc(Oc3csc4ccc(C#N)nc34)c(F)c2)cn1. The minimum atomic E-state index is -0.475. The molecule has 0 saturated heterocycles. The summed E-state index contributed by atoms with van der Waals surface area (Å²) in [7, 11) is 1.81. The molecule has 25 heavy (non-hydrogen) atoms. The van der Waals surface area contributed by atoms with E-state index in [9.17, 15) is 4.39 Å². The molecule has 0 N–H and O–H groups in total. The van der Waals surface area contributed by atoms with Crippen LogP contribution in [0.3, 0.4) is 0 Å². The van der Waals surface area contributed by atoms with Gasteiger partial charge in [-0.1, -0.05) is 6.07 Å². The van der Waals surface area contributed by atoms with E-state index in [1.54, 1.807) is 40.5 Å². The summed E-state index contributed by atoms with van der Waals surface area (Å²) < 4.78 is 22.7. The number of fused-ring (bicyclic) bond motifs is 1. The summed E-state index contributed by atoms with van der Waals surface area (Å²) in [5.41, 5.74) is 2.40. The molecule has 0 saturated carbocycles. The highest BCUT2D eigenvalue weighted by molar-refractivity contribution is 7.17. The standard InChI is InChI=1S/C18H11FN4OS/c1-23-9-12(8-21-23)11-2-4-15(14(19)6-11)24-16-10-25-17-5-3-13(7-20)22-18(16)17/h2-6,8-10H,1H3. The molecule has 0 amide bonds. The monoisotopic (exact) mass is 350 g/mol. The molecular formula is C18H11FN4OS. The van der Waals surface area contributed by atoms with E-state index in [2.05, 4.69) is 10.1 Å². The van der Waals surface area contributed by atoms with Crippen LogP contribution in [0.25, 0.3) is 21.3 Å². The molecule has 0 unspecified atom stereocenters. The lowest BCUT2D eigenvalue weighted by Crippen LogP contribution is -1.90. The van der Waals surface area contributed by atoms with Gasteiger partial charge in [-0.2, -0.15) is 10.4 Å². The summed E-state index contributed by atoms with van der Waals surface area (Å²) in [4.78, 5) is 4.24. The molecule has 0 bridgehead atoms. The van der Waals surface area contributed by atoms with E-state index in [0.717, 1.165) is 15.8 Å². The van der Waals surface area contributed by atoms with Gasteiger partial charge in [0.2, 0.25) is 0 Å². The summed E-state index contributed by atoms with van der Waals surface area (Å²) >= 11 is 1.43. The molecule has 0 aliphatic heterocycles. The van der Waals surface area contributed by atoms with Crippen LogP contribution in [0.2, 0.25) is 0 Å².